The van der Waals surface area contributed by atoms with E-state index in [1.165, 1.54) is 12.1 Å². The van der Waals surface area contributed by atoms with Crippen LogP contribution in [-0.2, 0) is 11.3 Å². The van der Waals surface area contributed by atoms with Gasteiger partial charge in [-0.25, -0.2) is 4.39 Å². The third-order valence-corrected chi connectivity index (χ3v) is 4.42. The van der Waals surface area contributed by atoms with Crippen molar-refractivity contribution < 1.29 is 9.18 Å². The first-order valence-corrected chi connectivity index (χ1v) is 8.73. The summed E-state index contributed by atoms with van der Waals surface area (Å²) in [5.41, 5.74) is 1.95. The number of halogens is 1. The number of carbonyl (C=O) groups is 1. The Kier molecular flexibility index (Phi) is 5.64. The fourth-order valence-corrected chi connectivity index (χ4v) is 3.24. The molecule has 0 spiro atoms. The number of likely N-dealkylation sites (N-methyl/N-ethyl adjacent to an activating group) is 1. The second-order valence-corrected chi connectivity index (χ2v) is 6.66. The van der Waals surface area contributed by atoms with E-state index < -0.39 is 0 Å². The number of carbonyl (C=O) groups excluding carboxylic acids is 1. The summed E-state index contributed by atoms with van der Waals surface area (Å²) in [6.45, 7) is 2.77. The molecule has 3 aromatic carbocycles. The highest BCUT2D eigenvalue weighted by Gasteiger charge is 2.14. The molecular formula is C22H23FN2O. The Morgan fingerprint density at radius 3 is 2.62 bits per heavy atom. The third-order valence-electron chi connectivity index (χ3n) is 4.42. The van der Waals surface area contributed by atoms with Crippen molar-refractivity contribution in [3.8, 4) is 0 Å². The van der Waals surface area contributed by atoms with Gasteiger partial charge in [-0.05, 0) is 48.0 Å². The van der Waals surface area contributed by atoms with Crippen LogP contribution in [0.3, 0.4) is 0 Å². The highest BCUT2D eigenvalue weighted by atomic mass is 19.1. The zero-order chi connectivity index (χ0) is 18.5. The van der Waals surface area contributed by atoms with Gasteiger partial charge in [-0.3, -0.25) is 9.69 Å². The quantitative estimate of drug-likeness (QED) is 0.719. The summed E-state index contributed by atoms with van der Waals surface area (Å²) in [5, 5.41) is 5.37. The first-order valence-electron chi connectivity index (χ1n) is 8.73. The van der Waals surface area contributed by atoms with Crippen LogP contribution in [-0.4, -0.2) is 24.4 Å². The summed E-state index contributed by atoms with van der Waals surface area (Å²) < 4.78 is 13.3. The second kappa shape index (κ2) is 8.11. The topological polar surface area (TPSA) is 32.3 Å². The van der Waals surface area contributed by atoms with E-state index in [4.69, 9.17) is 0 Å². The minimum atomic E-state index is -0.259. The number of nitrogens with zero attached hydrogens (tertiary/aromatic N) is 1. The van der Waals surface area contributed by atoms with Crippen LogP contribution in [0.5, 0.6) is 0 Å². The molecule has 0 saturated carbocycles. The van der Waals surface area contributed by atoms with Crippen molar-refractivity contribution in [2.24, 2.45) is 0 Å². The van der Waals surface area contributed by atoms with E-state index >= 15 is 0 Å². The van der Waals surface area contributed by atoms with Crippen LogP contribution in [0.1, 0.15) is 24.1 Å². The second-order valence-electron chi connectivity index (χ2n) is 6.66. The Bertz CT molecular complexity index is 904. The molecule has 1 atom stereocenters. The van der Waals surface area contributed by atoms with E-state index in [1.807, 2.05) is 49.2 Å². The maximum absolute atomic E-state index is 13.3. The van der Waals surface area contributed by atoms with Gasteiger partial charge in [-0.15, -0.1) is 0 Å². The van der Waals surface area contributed by atoms with Crippen molar-refractivity contribution in [3.05, 3.63) is 83.7 Å². The zero-order valence-electron chi connectivity index (χ0n) is 15.1. The molecule has 3 rings (SSSR count). The smallest absolute Gasteiger partial charge is 0.234 e. The Morgan fingerprint density at radius 2 is 1.81 bits per heavy atom. The van der Waals surface area contributed by atoms with Gasteiger partial charge in [0, 0.05) is 6.54 Å². The molecule has 0 aliphatic carbocycles. The van der Waals surface area contributed by atoms with Crippen molar-refractivity contribution in [1.29, 1.82) is 0 Å². The molecule has 0 bridgehead atoms. The zero-order valence-corrected chi connectivity index (χ0v) is 15.1. The van der Waals surface area contributed by atoms with Crippen molar-refractivity contribution in [1.82, 2.24) is 10.2 Å². The maximum Gasteiger partial charge on any atom is 0.234 e. The summed E-state index contributed by atoms with van der Waals surface area (Å²) in [7, 11) is 1.85. The minimum Gasteiger partial charge on any atom is -0.348 e. The fraction of sp³-hybridized carbons (Fsp3) is 0.227. The van der Waals surface area contributed by atoms with Gasteiger partial charge in [0.1, 0.15) is 5.82 Å². The average Bonchev–Trinajstić information content (AvgIpc) is 2.60. The van der Waals surface area contributed by atoms with Gasteiger partial charge in [0.15, 0.2) is 0 Å². The lowest BCUT2D eigenvalue weighted by atomic mass is 10.00. The molecule has 1 amide bonds. The summed E-state index contributed by atoms with van der Waals surface area (Å²) in [4.78, 5) is 14.3. The molecule has 1 N–H and O–H groups in total. The lowest BCUT2D eigenvalue weighted by Gasteiger charge is -2.20. The van der Waals surface area contributed by atoms with E-state index in [0.29, 0.717) is 6.54 Å². The van der Waals surface area contributed by atoms with Gasteiger partial charge in [-0.2, -0.15) is 0 Å². The summed E-state index contributed by atoms with van der Waals surface area (Å²) >= 11 is 0. The summed E-state index contributed by atoms with van der Waals surface area (Å²) in [5.74, 6) is -0.311. The Labute approximate surface area is 153 Å². The molecule has 26 heavy (non-hydrogen) atoms. The van der Waals surface area contributed by atoms with Crippen molar-refractivity contribution in [2.45, 2.75) is 19.5 Å². The Morgan fingerprint density at radius 1 is 1.08 bits per heavy atom. The molecule has 0 aliphatic rings. The lowest BCUT2D eigenvalue weighted by Crippen LogP contribution is -2.36. The number of hydrogen-bond donors (Lipinski definition) is 1. The molecule has 0 heterocycles. The number of fused-ring (bicyclic) bond motifs is 1. The predicted octanol–water partition coefficient (Wildman–Crippen LogP) is 4.29. The van der Waals surface area contributed by atoms with Crippen LogP contribution in [0, 0.1) is 5.82 Å². The summed E-state index contributed by atoms with van der Waals surface area (Å²) in [6.07, 6.45) is 0. The van der Waals surface area contributed by atoms with Crippen LogP contribution in [0.4, 0.5) is 4.39 Å². The highest BCUT2D eigenvalue weighted by Crippen LogP contribution is 2.23. The monoisotopic (exact) mass is 350 g/mol. The van der Waals surface area contributed by atoms with Gasteiger partial charge in [0.2, 0.25) is 5.91 Å². The highest BCUT2D eigenvalue weighted by molar-refractivity contribution is 5.87. The third kappa shape index (κ3) is 4.46. The van der Waals surface area contributed by atoms with Crippen LogP contribution >= 0.6 is 0 Å². The number of amides is 1. The molecule has 0 aliphatic heterocycles. The molecule has 4 heteroatoms. The predicted molar refractivity (Wildman–Crippen MR) is 103 cm³/mol. The van der Waals surface area contributed by atoms with Gasteiger partial charge in [-0.1, -0.05) is 54.6 Å². The minimum absolute atomic E-state index is 0.0515. The van der Waals surface area contributed by atoms with E-state index in [1.54, 1.807) is 6.07 Å². The van der Waals surface area contributed by atoms with Crippen molar-refractivity contribution >= 4 is 16.7 Å². The molecule has 3 aromatic rings. The first-order chi connectivity index (χ1) is 12.5. The van der Waals surface area contributed by atoms with Gasteiger partial charge >= 0.3 is 0 Å². The molecule has 0 aromatic heterocycles. The lowest BCUT2D eigenvalue weighted by molar-refractivity contribution is -0.122. The van der Waals surface area contributed by atoms with Crippen LogP contribution in [0.25, 0.3) is 10.8 Å². The fourth-order valence-electron chi connectivity index (χ4n) is 3.24. The molecule has 0 fully saturated rings. The molecule has 0 unspecified atom stereocenters. The van der Waals surface area contributed by atoms with Crippen LogP contribution in [0.2, 0.25) is 0 Å². The van der Waals surface area contributed by atoms with E-state index in [-0.39, 0.29) is 24.3 Å². The average molecular weight is 350 g/mol. The standard InChI is InChI=1S/C22H23FN2O/c1-16(20-12-6-9-18-8-3-4-11-21(18)20)24-22(26)15-25(2)14-17-7-5-10-19(23)13-17/h3-13,16H,14-15H2,1-2H3,(H,24,26)/t16-/m1/s1. The molecule has 0 radical (unpaired) electrons. The molecular weight excluding hydrogens is 327 g/mol. The normalized spacial score (nSPS) is 12.3. The summed E-state index contributed by atoms with van der Waals surface area (Å²) in [6, 6.07) is 20.6. The first kappa shape index (κ1) is 18.1. The molecule has 134 valence electrons. The number of rotatable bonds is 6. The van der Waals surface area contributed by atoms with E-state index in [2.05, 4.69) is 23.5 Å². The Hall–Kier alpha value is -2.72. The van der Waals surface area contributed by atoms with E-state index in [9.17, 15) is 9.18 Å². The van der Waals surface area contributed by atoms with Crippen molar-refractivity contribution in [2.75, 3.05) is 13.6 Å². The van der Waals surface area contributed by atoms with E-state index in [0.717, 1.165) is 21.9 Å². The van der Waals surface area contributed by atoms with Crippen LogP contribution in [0.15, 0.2) is 66.7 Å². The maximum atomic E-state index is 13.3. The SMILES string of the molecule is C[C@@H](NC(=O)CN(C)Cc1cccc(F)c1)c1cccc2ccccc12. The Balaban J connectivity index is 1.62. The number of hydrogen-bond acceptors (Lipinski definition) is 2. The molecule has 3 nitrogen and oxygen atoms in total. The van der Waals surface area contributed by atoms with Gasteiger partial charge in [0.25, 0.3) is 0 Å². The van der Waals surface area contributed by atoms with Gasteiger partial charge in [0.05, 0.1) is 12.6 Å². The molecule has 0 saturated heterocycles. The largest absolute Gasteiger partial charge is 0.348 e. The van der Waals surface area contributed by atoms with Gasteiger partial charge < -0.3 is 5.32 Å². The van der Waals surface area contributed by atoms with Crippen molar-refractivity contribution in [3.63, 3.8) is 0 Å². The number of nitrogens with one attached hydrogen (secondary N) is 1. The number of benzene rings is 3. The van der Waals surface area contributed by atoms with Crippen LogP contribution < -0.4 is 5.32 Å².